The van der Waals surface area contributed by atoms with Gasteiger partial charge in [0, 0.05) is 29.3 Å². The van der Waals surface area contributed by atoms with Crippen molar-refractivity contribution >= 4 is 11.6 Å². The van der Waals surface area contributed by atoms with Gasteiger partial charge in [-0.05, 0) is 6.07 Å². The first-order valence-electron chi connectivity index (χ1n) is 4.08. The van der Waals surface area contributed by atoms with Crippen molar-refractivity contribution in [3.8, 4) is 5.69 Å². The zero-order valence-electron chi connectivity index (χ0n) is 7.02. The summed E-state index contributed by atoms with van der Waals surface area (Å²) in [6.07, 6.45) is 3.98. The summed E-state index contributed by atoms with van der Waals surface area (Å²) >= 11 is 5.88. The molecular weight excluding hydrogens is 182 g/mol. The Bertz CT molecular complexity index is 398. The molecule has 2 rings (SSSR count). The lowest BCUT2D eigenvalue weighted by Gasteiger charge is -1.94. The number of rotatable bonds is 1. The van der Waals surface area contributed by atoms with E-state index in [4.69, 9.17) is 11.6 Å². The third-order valence-corrected chi connectivity index (χ3v) is 2.06. The summed E-state index contributed by atoms with van der Waals surface area (Å²) in [7, 11) is 0. The molecule has 0 atom stereocenters. The van der Waals surface area contributed by atoms with Crippen LogP contribution in [0.15, 0.2) is 54.9 Å². The molecule has 0 radical (unpaired) electrons. The van der Waals surface area contributed by atoms with E-state index in [0.29, 0.717) is 0 Å². The van der Waals surface area contributed by atoms with E-state index >= 15 is 0 Å². The van der Waals surface area contributed by atoms with Crippen molar-refractivity contribution < 1.29 is 4.57 Å². The van der Waals surface area contributed by atoms with Crippen LogP contribution in [0.2, 0.25) is 5.02 Å². The maximum atomic E-state index is 5.88. The highest BCUT2D eigenvalue weighted by Crippen LogP contribution is 2.09. The van der Waals surface area contributed by atoms with Crippen LogP contribution in [0, 0.1) is 0 Å². The number of benzene rings is 1. The van der Waals surface area contributed by atoms with Crippen LogP contribution in [0.5, 0.6) is 0 Å². The summed E-state index contributed by atoms with van der Waals surface area (Å²) in [5.41, 5.74) is 1.08. The molecule has 2 heteroatoms. The highest BCUT2D eigenvalue weighted by Gasteiger charge is 2.02. The molecule has 13 heavy (non-hydrogen) atoms. The number of pyridine rings is 1. The predicted molar refractivity (Wildman–Crippen MR) is 53.0 cm³/mol. The Balaban J connectivity index is 2.48. The molecule has 1 aromatic carbocycles. The van der Waals surface area contributed by atoms with Crippen LogP contribution in [0.4, 0.5) is 0 Å². The molecule has 1 heterocycles. The molecule has 2 aromatic rings. The fraction of sp³-hybridized carbons (Fsp3) is 0. The SMILES string of the molecule is Clc1cccc(-[n+]2ccccc2)c1. The van der Waals surface area contributed by atoms with Gasteiger partial charge in [-0.2, -0.15) is 4.57 Å². The molecule has 0 saturated carbocycles. The van der Waals surface area contributed by atoms with Crippen LogP contribution in [-0.2, 0) is 0 Å². The van der Waals surface area contributed by atoms with Crippen LogP contribution < -0.4 is 4.57 Å². The topological polar surface area (TPSA) is 3.88 Å². The first kappa shape index (κ1) is 8.27. The van der Waals surface area contributed by atoms with Gasteiger partial charge in [-0.15, -0.1) is 0 Å². The van der Waals surface area contributed by atoms with Crippen LogP contribution in [0.3, 0.4) is 0 Å². The van der Waals surface area contributed by atoms with Crippen molar-refractivity contribution in [2.45, 2.75) is 0 Å². The van der Waals surface area contributed by atoms with Gasteiger partial charge in [0.2, 0.25) is 5.69 Å². The Hall–Kier alpha value is -1.34. The summed E-state index contributed by atoms with van der Waals surface area (Å²) in [4.78, 5) is 0. The van der Waals surface area contributed by atoms with Crippen molar-refractivity contribution in [3.63, 3.8) is 0 Å². The van der Waals surface area contributed by atoms with Crippen molar-refractivity contribution in [2.75, 3.05) is 0 Å². The second-order valence-corrected chi connectivity index (χ2v) is 3.20. The quantitative estimate of drug-likeness (QED) is 0.609. The van der Waals surface area contributed by atoms with Crippen molar-refractivity contribution in [1.29, 1.82) is 0 Å². The molecule has 0 fully saturated rings. The smallest absolute Gasteiger partial charge is 0.167 e. The minimum Gasteiger partial charge on any atom is -0.167 e. The average Bonchev–Trinajstić information content (AvgIpc) is 2.19. The van der Waals surface area contributed by atoms with E-state index < -0.39 is 0 Å². The highest BCUT2D eigenvalue weighted by atomic mass is 35.5. The number of hydrogen-bond donors (Lipinski definition) is 0. The van der Waals surface area contributed by atoms with Gasteiger partial charge in [-0.1, -0.05) is 23.7 Å². The van der Waals surface area contributed by atoms with Crippen LogP contribution in [0.25, 0.3) is 5.69 Å². The molecule has 64 valence electrons. The Morgan fingerprint density at radius 2 is 1.69 bits per heavy atom. The van der Waals surface area contributed by atoms with Crippen molar-refractivity contribution in [3.05, 3.63) is 59.9 Å². The first-order valence-corrected chi connectivity index (χ1v) is 4.46. The molecule has 0 bridgehead atoms. The molecule has 0 unspecified atom stereocenters. The van der Waals surface area contributed by atoms with Gasteiger partial charge in [0.05, 0.1) is 0 Å². The van der Waals surface area contributed by atoms with Crippen LogP contribution in [0.1, 0.15) is 0 Å². The Morgan fingerprint density at radius 1 is 0.923 bits per heavy atom. The summed E-state index contributed by atoms with van der Waals surface area (Å²) in [5.74, 6) is 0. The van der Waals surface area contributed by atoms with Gasteiger partial charge >= 0.3 is 0 Å². The first-order chi connectivity index (χ1) is 6.36. The largest absolute Gasteiger partial charge is 0.212 e. The second-order valence-electron chi connectivity index (χ2n) is 2.76. The minimum absolute atomic E-state index is 0.758. The zero-order chi connectivity index (χ0) is 9.10. The standard InChI is InChI=1S/C11H9ClN/c12-10-5-4-6-11(9-10)13-7-2-1-3-8-13/h1-9H/q+1. The number of halogens is 1. The minimum atomic E-state index is 0.758. The van der Waals surface area contributed by atoms with E-state index in [9.17, 15) is 0 Å². The van der Waals surface area contributed by atoms with E-state index in [2.05, 4.69) is 0 Å². The molecule has 0 saturated heterocycles. The Kier molecular flexibility index (Phi) is 2.28. The number of aromatic nitrogens is 1. The molecule has 1 nitrogen and oxygen atoms in total. The van der Waals surface area contributed by atoms with Gasteiger partial charge < -0.3 is 0 Å². The predicted octanol–water partition coefficient (Wildman–Crippen LogP) is 2.62. The summed E-state index contributed by atoms with van der Waals surface area (Å²) < 4.78 is 2.02. The van der Waals surface area contributed by atoms with Gasteiger partial charge in [-0.25, -0.2) is 0 Å². The third-order valence-electron chi connectivity index (χ3n) is 1.82. The molecule has 0 aliphatic carbocycles. The maximum absolute atomic E-state index is 5.88. The Labute approximate surface area is 82.2 Å². The summed E-state index contributed by atoms with van der Waals surface area (Å²) in [6, 6.07) is 13.7. The molecule has 0 aliphatic rings. The summed E-state index contributed by atoms with van der Waals surface area (Å²) in [5, 5.41) is 0.758. The van der Waals surface area contributed by atoms with Gasteiger partial charge in [-0.3, -0.25) is 0 Å². The number of hydrogen-bond acceptors (Lipinski definition) is 0. The highest BCUT2D eigenvalue weighted by molar-refractivity contribution is 6.30. The van der Waals surface area contributed by atoms with E-state index in [1.807, 2.05) is 59.4 Å². The third kappa shape index (κ3) is 1.87. The van der Waals surface area contributed by atoms with Gasteiger partial charge in [0.1, 0.15) is 0 Å². The lowest BCUT2D eigenvalue weighted by molar-refractivity contribution is -0.595. The van der Waals surface area contributed by atoms with Gasteiger partial charge in [0.25, 0.3) is 0 Å². The van der Waals surface area contributed by atoms with Crippen LogP contribution in [-0.4, -0.2) is 0 Å². The lowest BCUT2D eigenvalue weighted by atomic mass is 10.3. The molecular formula is C11H9ClN+. The van der Waals surface area contributed by atoms with Crippen LogP contribution >= 0.6 is 11.6 Å². The normalized spacial score (nSPS) is 9.92. The Morgan fingerprint density at radius 3 is 2.38 bits per heavy atom. The van der Waals surface area contributed by atoms with Crippen molar-refractivity contribution in [2.24, 2.45) is 0 Å². The van der Waals surface area contributed by atoms with E-state index in [1.54, 1.807) is 0 Å². The number of nitrogens with zero attached hydrogens (tertiary/aromatic N) is 1. The monoisotopic (exact) mass is 190 g/mol. The zero-order valence-corrected chi connectivity index (χ0v) is 7.78. The van der Waals surface area contributed by atoms with E-state index in [-0.39, 0.29) is 0 Å². The second kappa shape index (κ2) is 3.58. The van der Waals surface area contributed by atoms with E-state index in [0.717, 1.165) is 10.7 Å². The lowest BCUT2D eigenvalue weighted by Crippen LogP contribution is -2.28. The average molecular weight is 191 g/mol. The molecule has 1 aromatic heterocycles. The fourth-order valence-corrected chi connectivity index (χ4v) is 1.39. The maximum Gasteiger partial charge on any atom is 0.212 e. The fourth-order valence-electron chi connectivity index (χ4n) is 1.21. The van der Waals surface area contributed by atoms with Gasteiger partial charge in [0.15, 0.2) is 12.4 Å². The van der Waals surface area contributed by atoms with E-state index in [1.165, 1.54) is 0 Å². The molecule has 0 N–H and O–H groups in total. The molecule has 0 spiro atoms. The molecule has 0 amide bonds. The summed E-state index contributed by atoms with van der Waals surface area (Å²) in [6.45, 7) is 0. The van der Waals surface area contributed by atoms with Crippen molar-refractivity contribution in [1.82, 2.24) is 0 Å². The molecule has 0 aliphatic heterocycles.